The molecule has 0 aromatic heterocycles. The Morgan fingerprint density at radius 2 is 2.19 bits per heavy atom. The van der Waals surface area contributed by atoms with E-state index in [0.717, 1.165) is 35.0 Å². The van der Waals surface area contributed by atoms with E-state index < -0.39 is 0 Å². The van der Waals surface area contributed by atoms with Gasteiger partial charge in [-0.3, -0.25) is 4.90 Å². The molecule has 1 saturated heterocycles. The minimum absolute atomic E-state index is 0.251. The molecule has 2 aliphatic rings. The van der Waals surface area contributed by atoms with Crippen molar-refractivity contribution in [1.82, 2.24) is 4.90 Å². The summed E-state index contributed by atoms with van der Waals surface area (Å²) in [4.78, 5) is 2.52. The van der Waals surface area contributed by atoms with Crippen molar-refractivity contribution in [2.75, 3.05) is 26.4 Å². The summed E-state index contributed by atoms with van der Waals surface area (Å²) in [5, 5.41) is 0. The van der Waals surface area contributed by atoms with E-state index in [1.54, 1.807) is 0 Å². The van der Waals surface area contributed by atoms with Crippen LogP contribution in [0.1, 0.15) is 37.8 Å². The average molecular weight is 355 g/mol. The van der Waals surface area contributed by atoms with Gasteiger partial charge in [-0.15, -0.1) is 0 Å². The van der Waals surface area contributed by atoms with E-state index in [9.17, 15) is 0 Å². The van der Waals surface area contributed by atoms with Gasteiger partial charge < -0.3 is 15.2 Å². The van der Waals surface area contributed by atoms with E-state index in [1.807, 2.05) is 0 Å². The Labute approximate surface area is 134 Å². The second-order valence-corrected chi connectivity index (χ2v) is 6.91. The fourth-order valence-electron chi connectivity index (χ4n) is 3.27. The number of hydrogen-bond acceptors (Lipinski definition) is 4. The van der Waals surface area contributed by atoms with Crippen LogP contribution >= 0.6 is 15.9 Å². The van der Waals surface area contributed by atoms with E-state index in [1.165, 1.54) is 24.8 Å². The van der Waals surface area contributed by atoms with Gasteiger partial charge in [0.25, 0.3) is 0 Å². The number of hydrogen-bond donors (Lipinski definition) is 1. The molecular formula is C16H23BrN2O2. The van der Waals surface area contributed by atoms with Crippen molar-refractivity contribution in [2.45, 2.75) is 32.2 Å². The molecule has 0 bridgehead atoms. The summed E-state index contributed by atoms with van der Waals surface area (Å²) in [7, 11) is 0. The van der Waals surface area contributed by atoms with Crippen LogP contribution in [0.4, 0.5) is 0 Å². The third-order valence-corrected chi connectivity index (χ3v) is 5.14. The lowest BCUT2D eigenvalue weighted by Gasteiger charge is -2.30. The standard InChI is InChI=1S/C16H23BrN2O2/c1-11-3-2-5-19(6-4-11)14(9-18)12-7-13(17)16-15(8-12)20-10-21-16/h7-8,11,14H,2-6,9-10,18H2,1H3. The van der Waals surface area contributed by atoms with Gasteiger partial charge >= 0.3 is 0 Å². The second-order valence-electron chi connectivity index (χ2n) is 6.06. The molecule has 21 heavy (non-hydrogen) atoms. The smallest absolute Gasteiger partial charge is 0.231 e. The third-order valence-electron chi connectivity index (χ3n) is 4.55. The predicted molar refractivity (Wildman–Crippen MR) is 86.6 cm³/mol. The molecule has 0 aliphatic carbocycles. The maximum Gasteiger partial charge on any atom is 0.231 e. The molecule has 1 fully saturated rings. The van der Waals surface area contributed by atoms with E-state index in [2.05, 4.69) is 39.9 Å². The van der Waals surface area contributed by atoms with Crippen LogP contribution in [0.5, 0.6) is 11.5 Å². The summed E-state index contributed by atoms with van der Waals surface area (Å²) < 4.78 is 11.9. The van der Waals surface area contributed by atoms with Crippen molar-refractivity contribution < 1.29 is 9.47 Å². The molecule has 116 valence electrons. The predicted octanol–water partition coefficient (Wildman–Crippen LogP) is 3.30. The second kappa shape index (κ2) is 6.55. The van der Waals surface area contributed by atoms with Crippen molar-refractivity contribution in [3.05, 3.63) is 22.2 Å². The highest BCUT2D eigenvalue weighted by Crippen LogP contribution is 2.42. The Bertz CT molecular complexity index is 509. The fraction of sp³-hybridized carbons (Fsp3) is 0.625. The summed E-state index contributed by atoms with van der Waals surface area (Å²) in [6.07, 6.45) is 3.82. The van der Waals surface area contributed by atoms with E-state index in [4.69, 9.17) is 15.2 Å². The Kier molecular flexibility index (Phi) is 4.72. The van der Waals surface area contributed by atoms with Gasteiger partial charge in [-0.05, 0) is 71.9 Å². The highest BCUT2D eigenvalue weighted by molar-refractivity contribution is 9.10. The molecule has 2 aliphatic heterocycles. The monoisotopic (exact) mass is 354 g/mol. The van der Waals surface area contributed by atoms with Crippen LogP contribution in [0.3, 0.4) is 0 Å². The van der Waals surface area contributed by atoms with Crippen LogP contribution in [0, 0.1) is 5.92 Å². The highest BCUT2D eigenvalue weighted by atomic mass is 79.9. The first-order valence-corrected chi connectivity index (χ1v) is 8.51. The van der Waals surface area contributed by atoms with Crippen LogP contribution in [0.25, 0.3) is 0 Å². The number of rotatable bonds is 3. The molecule has 2 atom stereocenters. The lowest BCUT2D eigenvalue weighted by atomic mass is 10.0. The molecule has 1 aromatic carbocycles. The van der Waals surface area contributed by atoms with Crippen molar-refractivity contribution in [3.63, 3.8) is 0 Å². The van der Waals surface area contributed by atoms with Crippen LogP contribution in [0.2, 0.25) is 0 Å². The van der Waals surface area contributed by atoms with Gasteiger partial charge in [0.1, 0.15) is 0 Å². The quantitative estimate of drug-likeness (QED) is 0.904. The minimum atomic E-state index is 0.251. The Morgan fingerprint density at radius 1 is 1.33 bits per heavy atom. The zero-order chi connectivity index (χ0) is 14.8. The molecule has 1 aromatic rings. The van der Waals surface area contributed by atoms with Crippen molar-refractivity contribution >= 4 is 15.9 Å². The molecule has 2 N–H and O–H groups in total. The molecule has 2 heterocycles. The summed E-state index contributed by atoms with van der Waals surface area (Å²) in [5.74, 6) is 2.44. The van der Waals surface area contributed by atoms with Gasteiger partial charge in [-0.1, -0.05) is 6.92 Å². The first-order valence-electron chi connectivity index (χ1n) is 7.72. The fourth-order valence-corrected chi connectivity index (χ4v) is 3.85. The summed E-state index contributed by atoms with van der Waals surface area (Å²) in [6, 6.07) is 4.46. The number of halogens is 1. The summed E-state index contributed by atoms with van der Waals surface area (Å²) in [6.45, 7) is 5.51. The maximum absolute atomic E-state index is 6.09. The number of nitrogens with two attached hydrogens (primary N) is 1. The first kappa shape index (κ1) is 15.1. The van der Waals surface area contributed by atoms with Crippen LogP contribution in [0.15, 0.2) is 16.6 Å². The van der Waals surface area contributed by atoms with Crippen LogP contribution < -0.4 is 15.2 Å². The molecule has 0 radical (unpaired) electrons. The summed E-state index contributed by atoms with van der Waals surface area (Å²) >= 11 is 3.58. The molecule has 2 unspecified atom stereocenters. The van der Waals surface area contributed by atoms with E-state index in [-0.39, 0.29) is 6.04 Å². The first-order chi connectivity index (χ1) is 10.2. The normalized spacial score (nSPS) is 23.9. The number of fused-ring (bicyclic) bond motifs is 1. The Balaban J connectivity index is 1.84. The van der Waals surface area contributed by atoms with Crippen molar-refractivity contribution in [3.8, 4) is 11.5 Å². The molecule has 0 amide bonds. The van der Waals surface area contributed by atoms with E-state index in [0.29, 0.717) is 13.3 Å². The number of nitrogens with zero attached hydrogens (tertiary/aromatic N) is 1. The highest BCUT2D eigenvalue weighted by Gasteiger charge is 2.25. The number of ether oxygens (including phenoxy) is 2. The lowest BCUT2D eigenvalue weighted by Crippen LogP contribution is -2.34. The molecule has 0 saturated carbocycles. The number of likely N-dealkylation sites (tertiary alicyclic amines) is 1. The zero-order valence-electron chi connectivity index (χ0n) is 12.5. The van der Waals surface area contributed by atoms with Crippen molar-refractivity contribution in [2.24, 2.45) is 11.7 Å². The lowest BCUT2D eigenvalue weighted by molar-refractivity contribution is 0.173. The zero-order valence-corrected chi connectivity index (χ0v) is 14.1. The van der Waals surface area contributed by atoms with Gasteiger partial charge in [0.2, 0.25) is 6.79 Å². The topological polar surface area (TPSA) is 47.7 Å². The van der Waals surface area contributed by atoms with Gasteiger partial charge in [-0.25, -0.2) is 0 Å². The SMILES string of the molecule is CC1CCCN(C(CN)c2cc(Br)c3c(c2)OCO3)CC1. The summed E-state index contributed by atoms with van der Waals surface area (Å²) in [5.41, 5.74) is 7.30. The van der Waals surface area contributed by atoms with Gasteiger partial charge in [0.05, 0.1) is 4.47 Å². The molecular weight excluding hydrogens is 332 g/mol. The largest absolute Gasteiger partial charge is 0.454 e. The molecule has 3 rings (SSSR count). The van der Waals surface area contributed by atoms with Crippen LogP contribution in [-0.2, 0) is 0 Å². The molecule has 4 nitrogen and oxygen atoms in total. The Hall–Kier alpha value is -0.780. The van der Waals surface area contributed by atoms with Gasteiger partial charge in [0.15, 0.2) is 11.5 Å². The minimum Gasteiger partial charge on any atom is -0.454 e. The number of benzene rings is 1. The van der Waals surface area contributed by atoms with E-state index >= 15 is 0 Å². The van der Waals surface area contributed by atoms with Crippen molar-refractivity contribution in [1.29, 1.82) is 0 Å². The van der Waals surface area contributed by atoms with Gasteiger partial charge in [0, 0.05) is 12.6 Å². The molecule has 0 spiro atoms. The van der Waals surface area contributed by atoms with Crippen LogP contribution in [-0.4, -0.2) is 31.3 Å². The average Bonchev–Trinajstić information content (AvgIpc) is 2.84. The van der Waals surface area contributed by atoms with Gasteiger partial charge in [-0.2, -0.15) is 0 Å². The third kappa shape index (κ3) is 3.20. The molecule has 5 heteroatoms. The maximum atomic E-state index is 6.09. The Morgan fingerprint density at radius 3 is 3.00 bits per heavy atom.